The van der Waals surface area contributed by atoms with Crippen molar-refractivity contribution >= 4 is 33.2 Å². The zero-order chi connectivity index (χ0) is 28.7. The van der Waals surface area contributed by atoms with E-state index >= 15 is 0 Å². The van der Waals surface area contributed by atoms with Crippen LogP contribution in [0.1, 0.15) is 59.3 Å². The van der Waals surface area contributed by atoms with Gasteiger partial charge >= 0.3 is 0 Å². The number of aryl methyl sites for hydroxylation is 3. The Morgan fingerprint density at radius 2 is 1.93 bits per heavy atom. The third-order valence-corrected chi connectivity index (χ3v) is 10.1. The summed E-state index contributed by atoms with van der Waals surface area (Å²) in [5.41, 5.74) is 4.64. The van der Waals surface area contributed by atoms with Crippen molar-refractivity contribution in [1.29, 1.82) is 0 Å². The van der Waals surface area contributed by atoms with Crippen LogP contribution in [0.5, 0.6) is 0 Å². The quantitative estimate of drug-likeness (QED) is 0.271. The third-order valence-electron chi connectivity index (χ3n) is 8.25. The largest absolute Gasteiger partial charge is 0.337 e. The summed E-state index contributed by atoms with van der Waals surface area (Å²) in [4.78, 5) is 20.6. The lowest BCUT2D eigenvalue weighted by Crippen LogP contribution is -2.34. The van der Waals surface area contributed by atoms with Crippen LogP contribution in [-0.2, 0) is 34.8 Å². The summed E-state index contributed by atoms with van der Waals surface area (Å²) in [6, 6.07) is 20.3. The maximum atomic E-state index is 14.1. The van der Waals surface area contributed by atoms with Crippen LogP contribution < -0.4 is 9.62 Å². The van der Waals surface area contributed by atoms with Crippen molar-refractivity contribution in [3.63, 3.8) is 0 Å². The SMILES string of the molecule is Cc1cccc(S(=O)(=O)N[C@@H]2CCCc3ccc(N(Cc4nccn4C)C(=O)[C@@H]4C[C@H]4c4ccccc4Cl)cc32)c1. The summed E-state index contributed by atoms with van der Waals surface area (Å²) in [6.07, 6.45) is 6.76. The molecule has 9 heteroatoms. The predicted molar refractivity (Wildman–Crippen MR) is 160 cm³/mol. The van der Waals surface area contributed by atoms with E-state index in [-0.39, 0.29) is 28.7 Å². The Morgan fingerprint density at radius 3 is 2.68 bits per heavy atom. The molecular weight excluding hydrogens is 556 g/mol. The van der Waals surface area contributed by atoms with E-state index < -0.39 is 10.0 Å². The highest BCUT2D eigenvalue weighted by Crippen LogP contribution is 2.51. The van der Waals surface area contributed by atoms with Crippen molar-refractivity contribution in [2.24, 2.45) is 13.0 Å². The second-order valence-corrected chi connectivity index (χ2v) is 13.2. The van der Waals surface area contributed by atoms with Gasteiger partial charge in [0, 0.05) is 42.1 Å². The Balaban J connectivity index is 1.32. The number of halogens is 1. The molecule has 4 aromatic rings. The molecule has 2 aliphatic rings. The number of carbonyl (C=O) groups is 1. The molecule has 1 saturated carbocycles. The minimum absolute atomic E-state index is 0.0190. The van der Waals surface area contributed by atoms with E-state index in [9.17, 15) is 13.2 Å². The van der Waals surface area contributed by atoms with E-state index in [1.165, 1.54) is 0 Å². The number of fused-ring (bicyclic) bond motifs is 1. The normalized spacial score (nSPS) is 19.9. The van der Waals surface area contributed by atoms with Crippen LogP contribution in [0.2, 0.25) is 5.02 Å². The van der Waals surface area contributed by atoms with Crippen LogP contribution in [0, 0.1) is 12.8 Å². The molecule has 212 valence electrons. The molecule has 6 rings (SSSR count). The monoisotopic (exact) mass is 588 g/mol. The van der Waals surface area contributed by atoms with Gasteiger partial charge in [0.1, 0.15) is 5.82 Å². The van der Waals surface area contributed by atoms with Gasteiger partial charge in [0.2, 0.25) is 15.9 Å². The van der Waals surface area contributed by atoms with Crippen molar-refractivity contribution < 1.29 is 13.2 Å². The minimum atomic E-state index is -3.72. The van der Waals surface area contributed by atoms with Gasteiger partial charge < -0.3 is 9.47 Å². The summed E-state index contributed by atoms with van der Waals surface area (Å²) in [5, 5.41) is 0.681. The van der Waals surface area contributed by atoms with Crippen LogP contribution in [0.4, 0.5) is 5.69 Å². The van der Waals surface area contributed by atoms with Crippen LogP contribution in [0.25, 0.3) is 0 Å². The lowest BCUT2D eigenvalue weighted by Gasteiger charge is -2.29. The number of imidazole rings is 1. The number of hydrogen-bond acceptors (Lipinski definition) is 4. The molecule has 0 aliphatic heterocycles. The highest BCUT2D eigenvalue weighted by atomic mass is 35.5. The van der Waals surface area contributed by atoms with Gasteiger partial charge in [0.25, 0.3) is 0 Å². The smallest absolute Gasteiger partial charge is 0.241 e. The maximum Gasteiger partial charge on any atom is 0.241 e. The number of hydrogen-bond donors (Lipinski definition) is 1. The second kappa shape index (κ2) is 11.1. The fourth-order valence-electron chi connectivity index (χ4n) is 5.89. The van der Waals surface area contributed by atoms with Crippen molar-refractivity contribution in [2.75, 3.05) is 4.90 Å². The Labute approximate surface area is 246 Å². The Kier molecular flexibility index (Phi) is 7.49. The second-order valence-electron chi connectivity index (χ2n) is 11.1. The van der Waals surface area contributed by atoms with Crippen molar-refractivity contribution in [2.45, 2.75) is 56.0 Å². The molecule has 1 aromatic heterocycles. The molecule has 7 nitrogen and oxygen atoms in total. The Bertz CT molecular complexity index is 1720. The summed E-state index contributed by atoms with van der Waals surface area (Å²) in [7, 11) is -1.81. The van der Waals surface area contributed by atoms with E-state index in [1.54, 1.807) is 29.3 Å². The Morgan fingerprint density at radius 1 is 1.10 bits per heavy atom. The van der Waals surface area contributed by atoms with Gasteiger partial charge in [-0.05, 0) is 91.1 Å². The lowest BCUT2D eigenvalue weighted by molar-refractivity contribution is -0.120. The minimum Gasteiger partial charge on any atom is -0.337 e. The number of nitrogens with zero attached hydrogens (tertiary/aromatic N) is 3. The number of rotatable bonds is 8. The summed E-state index contributed by atoms with van der Waals surface area (Å²) in [6.45, 7) is 2.19. The van der Waals surface area contributed by atoms with Crippen LogP contribution in [-0.4, -0.2) is 23.9 Å². The zero-order valence-electron chi connectivity index (χ0n) is 23.1. The molecule has 1 N–H and O–H groups in total. The summed E-state index contributed by atoms with van der Waals surface area (Å²) in [5.74, 6) is 0.682. The van der Waals surface area contributed by atoms with Crippen LogP contribution >= 0.6 is 11.6 Å². The average Bonchev–Trinajstić information content (AvgIpc) is 3.65. The first-order valence-electron chi connectivity index (χ1n) is 13.9. The number of carbonyl (C=O) groups excluding carboxylic acids is 1. The van der Waals surface area contributed by atoms with Gasteiger partial charge in [0.05, 0.1) is 11.4 Å². The van der Waals surface area contributed by atoms with E-state index in [0.717, 1.165) is 53.0 Å². The maximum absolute atomic E-state index is 14.1. The van der Waals surface area contributed by atoms with Crippen LogP contribution in [0.15, 0.2) is 84.0 Å². The van der Waals surface area contributed by atoms with Crippen LogP contribution in [0.3, 0.4) is 0 Å². The number of anilines is 1. The number of nitrogens with one attached hydrogen (secondary N) is 1. The third kappa shape index (κ3) is 5.69. The fourth-order valence-corrected chi connectivity index (χ4v) is 7.52. The van der Waals surface area contributed by atoms with Crippen molar-refractivity contribution in [3.8, 4) is 0 Å². The molecule has 0 saturated heterocycles. The number of aromatic nitrogens is 2. The predicted octanol–water partition coefficient (Wildman–Crippen LogP) is 6.07. The van der Waals surface area contributed by atoms with Gasteiger partial charge in [-0.25, -0.2) is 18.1 Å². The van der Waals surface area contributed by atoms with E-state index in [1.807, 2.05) is 73.3 Å². The molecule has 0 spiro atoms. The molecule has 3 aromatic carbocycles. The van der Waals surface area contributed by atoms with Gasteiger partial charge in [-0.15, -0.1) is 0 Å². The summed E-state index contributed by atoms with van der Waals surface area (Å²) < 4.78 is 31.5. The van der Waals surface area contributed by atoms with E-state index in [2.05, 4.69) is 9.71 Å². The molecule has 3 atom stereocenters. The standard InChI is InChI=1S/C32H33ClN4O3S/c1-21-7-5-9-24(17-21)41(39,40)35-30-12-6-8-22-13-14-23(18-26(22)30)37(20-31-34-15-16-36(31)2)32(38)28-19-27(28)25-10-3-4-11-29(25)33/h3-5,7,9-11,13-18,27-28,30,35H,6,8,12,19-20H2,1-2H3/t27-,28+,30+/m0/s1. The highest BCUT2D eigenvalue weighted by molar-refractivity contribution is 7.89. The van der Waals surface area contributed by atoms with Crippen molar-refractivity contribution in [3.05, 3.63) is 112 Å². The van der Waals surface area contributed by atoms with Gasteiger partial charge in [0.15, 0.2) is 0 Å². The van der Waals surface area contributed by atoms with Gasteiger partial charge in [-0.2, -0.15) is 0 Å². The molecule has 1 heterocycles. The Hall–Kier alpha value is -3.46. The fraction of sp³-hybridized carbons (Fsp3) is 0.312. The molecule has 1 fully saturated rings. The highest BCUT2D eigenvalue weighted by Gasteiger charge is 2.47. The average molecular weight is 589 g/mol. The molecule has 41 heavy (non-hydrogen) atoms. The first-order valence-corrected chi connectivity index (χ1v) is 15.8. The van der Waals surface area contributed by atoms with E-state index in [0.29, 0.717) is 18.0 Å². The number of benzene rings is 3. The number of amides is 1. The number of sulfonamides is 1. The van der Waals surface area contributed by atoms with Gasteiger partial charge in [-0.1, -0.05) is 48.0 Å². The van der Waals surface area contributed by atoms with Crippen molar-refractivity contribution in [1.82, 2.24) is 14.3 Å². The first kappa shape index (κ1) is 27.7. The molecule has 0 bridgehead atoms. The zero-order valence-corrected chi connectivity index (χ0v) is 24.7. The first-order chi connectivity index (χ1) is 19.7. The summed E-state index contributed by atoms with van der Waals surface area (Å²) >= 11 is 6.47. The molecular formula is C32H33ClN4O3S. The van der Waals surface area contributed by atoms with E-state index in [4.69, 9.17) is 11.6 Å². The topological polar surface area (TPSA) is 84.3 Å². The molecule has 2 aliphatic carbocycles. The molecule has 0 unspecified atom stereocenters. The molecule has 1 amide bonds. The lowest BCUT2D eigenvalue weighted by atomic mass is 9.87. The van der Waals surface area contributed by atoms with Gasteiger partial charge in [-0.3, -0.25) is 4.79 Å². The molecule has 0 radical (unpaired) electrons.